The molecule has 0 aliphatic rings. The van der Waals surface area contributed by atoms with Crippen molar-refractivity contribution in [3.8, 4) is 0 Å². The zero-order chi connectivity index (χ0) is 9.68. The molecular formula is C8H12INO2S. The van der Waals surface area contributed by atoms with Crippen LogP contribution in [0.25, 0.3) is 0 Å². The van der Waals surface area contributed by atoms with Crippen LogP contribution in [0.1, 0.15) is 5.76 Å². The van der Waals surface area contributed by atoms with E-state index in [9.17, 15) is 4.21 Å². The lowest BCUT2D eigenvalue weighted by Gasteiger charge is -1.99. The fourth-order valence-electron chi connectivity index (χ4n) is 0.874. The summed E-state index contributed by atoms with van der Waals surface area (Å²) in [7, 11) is -0.713. The predicted molar refractivity (Wildman–Crippen MR) is 62.1 cm³/mol. The third kappa shape index (κ3) is 4.78. The van der Waals surface area contributed by atoms with Gasteiger partial charge in [0.15, 0.2) is 3.77 Å². The summed E-state index contributed by atoms with van der Waals surface area (Å²) in [5, 5.41) is 3.16. The number of rotatable bonds is 5. The van der Waals surface area contributed by atoms with Gasteiger partial charge in [-0.15, -0.1) is 0 Å². The van der Waals surface area contributed by atoms with Gasteiger partial charge in [0.25, 0.3) is 0 Å². The third-order valence-corrected chi connectivity index (χ3v) is 2.85. The predicted octanol–water partition coefficient (Wildman–Crippen LogP) is 1.35. The fourth-order valence-corrected chi connectivity index (χ4v) is 1.77. The van der Waals surface area contributed by atoms with Crippen molar-refractivity contribution in [1.29, 1.82) is 0 Å². The zero-order valence-electron chi connectivity index (χ0n) is 7.38. The van der Waals surface area contributed by atoms with E-state index in [1.165, 1.54) is 0 Å². The van der Waals surface area contributed by atoms with E-state index in [1.54, 1.807) is 6.26 Å². The molecule has 3 nitrogen and oxygen atoms in total. The maximum absolute atomic E-state index is 10.7. The Bertz CT molecular complexity index is 287. The molecule has 1 N–H and O–H groups in total. The highest BCUT2D eigenvalue weighted by atomic mass is 127. The van der Waals surface area contributed by atoms with Crippen molar-refractivity contribution in [1.82, 2.24) is 5.32 Å². The van der Waals surface area contributed by atoms with E-state index in [-0.39, 0.29) is 0 Å². The monoisotopic (exact) mass is 313 g/mol. The Balaban J connectivity index is 2.16. The van der Waals surface area contributed by atoms with Gasteiger partial charge in [-0.25, -0.2) is 0 Å². The average molecular weight is 313 g/mol. The van der Waals surface area contributed by atoms with Crippen molar-refractivity contribution < 1.29 is 8.63 Å². The van der Waals surface area contributed by atoms with Gasteiger partial charge < -0.3 is 9.73 Å². The molecule has 1 atom stereocenters. The zero-order valence-corrected chi connectivity index (χ0v) is 10.4. The number of hydrogen-bond donors (Lipinski definition) is 1. The third-order valence-electron chi connectivity index (χ3n) is 1.49. The molecule has 1 heterocycles. The Morgan fingerprint density at radius 1 is 1.62 bits per heavy atom. The molecule has 1 rings (SSSR count). The lowest BCUT2D eigenvalue weighted by molar-refractivity contribution is 0.467. The molecule has 0 radical (unpaired) electrons. The summed E-state index contributed by atoms with van der Waals surface area (Å²) in [5.41, 5.74) is 0. The van der Waals surface area contributed by atoms with Crippen LogP contribution < -0.4 is 5.32 Å². The molecule has 0 bridgehead atoms. The van der Waals surface area contributed by atoms with Crippen LogP contribution in [0, 0.1) is 3.77 Å². The number of furan rings is 1. The van der Waals surface area contributed by atoms with Crippen LogP contribution in [0.3, 0.4) is 0 Å². The van der Waals surface area contributed by atoms with Gasteiger partial charge in [-0.2, -0.15) is 0 Å². The summed E-state index contributed by atoms with van der Waals surface area (Å²) in [4.78, 5) is 0. The Morgan fingerprint density at radius 2 is 2.38 bits per heavy atom. The van der Waals surface area contributed by atoms with Gasteiger partial charge in [-0.05, 0) is 34.7 Å². The second kappa shape index (κ2) is 5.77. The molecule has 0 aliphatic heterocycles. The minimum Gasteiger partial charge on any atom is -0.454 e. The van der Waals surface area contributed by atoms with Crippen molar-refractivity contribution in [2.75, 3.05) is 18.6 Å². The number of halogens is 1. The first-order valence-electron chi connectivity index (χ1n) is 3.93. The quantitative estimate of drug-likeness (QED) is 0.659. The van der Waals surface area contributed by atoms with E-state index in [4.69, 9.17) is 4.42 Å². The maximum Gasteiger partial charge on any atom is 0.164 e. The van der Waals surface area contributed by atoms with E-state index < -0.39 is 10.8 Å². The summed E-state index contributed by atoms with van der Waals surface area (Å²) in [6.07, 6.45) is 1.71. The number of hydrogen-bond acceptors (Lipinski definition) is 3. The first-order chi connectivity index (χ1) is 6.18. The van der Waals surface area contributed by atoms with Crippen molar-refractivity contribution in [3.05, 3.63) is 21.7 Å². The second-order valence-corrected chi connectivity index (χ2v) is 5.28. The van der Waals surface area contributed by atoms with Gasteiger partial charge in [-0.3, -0.25) is 4.21 Å². The average Bonchev–Trinajstić information content (AvgIpc) is 2.45. The van der Waals surface area contributed by atoms with Crippen LogP contribution in [0.2, 0.25) is 0 Å². The SMILES string of the molecule is CS(=O)CCNCc1ccc(I)o1. The summed E-state index contributed by atoms with van der Waals surface area (Å²) in [6, 6.07) is 3.87. The van der Waals surface area contributed by atoms with Crippen molar-refractivity contribution in [2.24, 2.45) is 0 Å². The highest BCUT2D eigenvalue weighted by Gasteiger charge is 1.98. The topological polar surface area (TPSA) is 42.2 Å². The van der Waals surface area contributed by atoms with Gasteiger partial charge in [0.05, 0.1) is 6.54 Å². The van der Waals surface area contributed by atoms with E-state index in [2.05, 4.69) is 27.9 Å². The highest BCUT2D eigenvalue weighted by Crippen LogP contribution is 2.09. The van der Waals surface area contributed by atoms with E-state index in [0.29, 0.717) is 12.3 Å². The summed E-state index contributed by atoms with van der Waals surface area (Å²) in [5.74, 6) is 1.61. The van der Waals surface area contributed by atoms with Crippen LogP contribution in [-0.2, 0) is 17.3 Å². The Morgan fingerprint density at radius 3 is 2.92 bits per heavy atom. The smallest absolute Gasteiger partial charge is 0.164 e. The van der Waals surface area contributed by atoms with Crippen LogP contribution in [0.5, 0.6) is 0 Å². The highest BCUT2D eigenvalue weighted by molar-refractivity contribution is 14.1. The summed E-state index contributed by atoms with van der Waals surface area (Å²) < 4.78 is 16.9. The molecular weight excluding hydrogens is 301 g/mol. The molecule has 0 spiro atoms. The molecule has 13 heavy (non-hydrogen) atoms. The molecule has 5 heteroatoms. The molecule has 1 aromatic heterocycles. The Hall–Kier alpha value is 0.120. The lowest BCUT2D eigenvalue weighted by atomic mass is 10.4. The Kier molecular flexibility index (Phi) is 4.97. The van der Waals surface area contributed by atoms with Gasteiger partial charge in [-0.1, -0.05) is 0 Å². The fraction of sp³-hybridized carbons (Fsp3) is 0.500. The molecule has 0 aliphatic carbocycles. The first kappa shape index (κ1) is 11.2. The van der Waals surface area contributed by atoms with Crippen LogP contribution in [0.4, 0.5) is 0 Å². The van der Waals surface area contributed by atoms with Gasteiger partial charge in [0.2, 0.25) is 0 Å². The molecule has 1 aromatic rings. The van der Waals surface area contributed by atoms with Crippen molar-refractivity contribution >= 4 is 33.4 Å². The maximum atomic E-state index is 10.7. The standard InChI is InChI=1S/C8H12INO2S/c1-13(11)5-4-10-6-7-2-3-8(9)12-7/h2-3,10H,4-6H2,1H3. The molecule has 0 saturated heterocycles. The molecule has 0 fully saturated rings. The number of nitrogens with one attached hydrogen (secondary N) is 1. The molecule has 0 aromatic carbocycles. The van der Waals surface area contributed by atoms with Gasteiger partial charge in [0.1, 0.15) is 5.76 Å². The van der Waals surface area contributed by atoms with Gasteiger partial charge in [0, 0.05) is 29.4 Å². The van der Waals surface area contributed by atoms with Crippen molar-refractivity contribution in [3.63, 3.8) is 0 Å². The van der Waals surface area contributed by atoms with E-state index in [0.717, 1.165) is 16.1 Å². The van der Waals surface area contributed by atoms with Crippen LogP contribution >= 0.6 is 22.6 Å². The molecule has 74 valence electrons. The van der Waals surface area contributed by atoms with Crippen LogP contribution in [-0.4, -0.2) is 22.8 Å². The van der Waals surface area contributed by atoms with Crippen molar-refractivity contribution in [2.45, 2.75) is 6.54 Å². The van der Waals surface area contributed by atoms with Gasteiger partial charge >= 0.3 is 0 Å². The van der Waals surface area contributed by atoms with E-state index in [1.807, 2.05) is 12.1 Å². The minimum absolute atomic E-state index is 0.692. The minimum atomic E-state index is -0.713. The molecule has 0 amide bonds. The largest absolute Gasteiger partial charge is 0.454 e. The second-order valence-electron chi connectivity index (χ2n) is 2.66. The lowest BCUT2D eigenvalue weighted by Crippen LogP contribution is -2.19. The van der Waals surface area contributed by atoms with E-state index >= 15 is 0 Å². The Labute approximate surface area is 93.9 Å². The van der Waals surface area contributed by atoms with Crippen LogP contribution in [0.15, 0.2) is 16.5 Å². The summed E-state index contributed by atoms with van der Waals surface area (Å²) in [6.45, 7) is 1.47. The molecule has 1 unspecified atom stereocenters. The normalized spacial score (nSPS) is 13.1. The first-order valence-corrected chi connectivity index (χ1v) is 6.74. The molecule has 0 saturated carbocycles. The summed E-state index contributed by atoms with van der Waals surface area (Å²) >= 11 is 2.13.